The molecule has 0 saturated heterocycles. The van der Waals surface area contributed by atoms with Gasteiger partial charge in [-0.2, -0.15) is 0 Å². The fourth-order valence-electron chi connectivity index (χ4n) is 5.50. The minimum absolute atomic E-state index is 0.210. The molecule has 0 amide bonds. The molecule has 0 heterocycles. The molecule has 2 nitrogen and oxygen atoms in total. The van der Waals surface area contributed by atoms with Gasteiger partial charge >= 0.3 is 0 Å². The van der Waals surface area contributed by atoms with E-state index in [2.05, 4.69) is 23.5 Å². The summed E-state index contributed by atoms with van der Waals surface area (Å²) in [6.07, 6.45) is 15.6. The zero-order chi connectivity index (χ0) is 12.9. The van der Waals surface area contributed by atoms with Crippen molar-refractivity contribution in [1.82, 2.24) is 5.32 Å². The molecule has 5 aliphatic rings. The lowest BCUT2D eigenvalue weighted by atomic mass is 9.53. The van der Waals surface area contributed by atoms with Gasteiger partial charge in [-0.15, -0.1) is 0 Å². The molecule has 4 bridgehead atoms. The summed E-state index contributed by atoms with van der Waals surface area (Å²) in [5, 5.41) is 3.95. The molecule has 0 aliphatic heterocycles. The van der Waals surface area contributed by atoms with E-state index < -0.39 is 0 Å². The number of allylic oxidation sites excluding steroid dienone is 2. The summed E-state index contributed by atoms with van der Waals surface area (Å²) in [5.74, 6) is 3.06. The van der Waals surface area contributed by atoms with Crippen LogP contribution in [0.5, 0.6) is 0 Å². The van der Waals surface area contributed by atoms with E-state index >= 15 is 0 Å². The molecule has 1 N–H and O–H groups in total. The lowest BCUT2D eigenvalue weighted by Crippen LogP contribution is -2.58. The van der Waals surface area contributed by atoms with Crippen molar-refractivity contribution in [1.29, 1.82) is 0 Å². The number of hydrogen-bond acceptors (Lipinski definition) is 2. The van der Waals surface area contributed by atoms with Gasteiger partial charge in [0.1, 0.15) is 0 Å². The van der Waals surface area contributed by atoms with Crippen LogP contribution in [0.2, 0.25) is 0 Å². The van der Waals surface area contributed by atoms with Crippen LogP contribution in [-0.4, -0.2) is 25.3 Å². The molecule has 4 fully saturated rings. The Bertz CT molecular complexity index is 388. The number of ether oxygens (including phenoxy) is 1. The largest absolute Gasteiger partial charge is 0.373 e. The van der Waals surface area contributed by atoms with Crippen molar-refractivity contribution in [2.75, 3.05) is 13.7 Å². The van der Waals surface area contributed by atoms with E-state index in [0.29, 0.717) is 5.54 Å². The Morgan fingerprint density at radius 3 is 2.37 bits per heavy atom. The smallest absolute Gasteiger partial charge is 0.0981 e. The Balaban J connectivity index is 1.43. The van der Waals surface area contributed by atoms with Gasteiger partial charge in [0.15, 0.2) is 0 Å². The maximum atomic E-state index is 5.50. The number of hydrogen-bond donors (Lipinski definition) is 1. The van der Waals surface area contributed by atoms with Crippen molar-refractivity contribution in [3.05, 3.63) is 23.8 Å². The first-order valence-corrected chi connectivity index (χ1v) is 7.91. The van der Waals surface area contributed by atoms with Crippen LogP contribution in [-0.2, 0) is 4.74 Å². The van der Waals surface area contributed by atoms with Gasteiger partial charge in [-0.3, -0.25) is 0 Å². The maximum absolute atomic E-state index is 5.50. The van der Waals surface area contributed by atoms with E-state index in [4.69, 9.17) is 4.74 Å². The molecular weight excluding hydrogens is 234 g/mol. The lowest BCUT2D eigenvalue weighted by Gasteiger charge is -2.57. The number of nitrogens with one attached hydrogen (secondary N) is 1. The van der Waals surface area contributed by atoms with Gasteiger partial charge in [0.05, 0.1) is 6.10 Å². The molecule has 5 rings (SSSR count). The SMILES string of the molecule is COC1C=CC=C1CNC12CC3CC(CC(C3)C1)C2. The Kier molecular flexibility index (Phi) is 2.85. The van der Waals surface area contributed by atoms with Crippen LogP contribution < -0.4 is 5.32 Å². The van der Waals surface area contributed by atoms with Crippen LogP contribution >= 0.6 is 0 Å². The predicted molar refractivity (Wildman–Crippen MR) is 76.9 cm³/mol. The summed E-state index contributed by atoms with van der Waals surface area (Å²) in [4.78, 5) is 0. The topological polar surface area (TPSA) is 21.3 Å². The van der Waals surface area contributed by atoms with E-state index in [1.807, 2.05) is 0 Å². The fraction of sp³-hybridized carbons (Fsp3) is 0.765. The van der Waals surface area contributed by atoms with Crippen LogP contribution in [0.1, 0.15) is 38.5 Å². The van der Waals surface area contributed by atoms with Crippen molar-refractivity contribution >= 4 is 0 Å². The molecule has 4 saturated carbocycles. The lowest BCUT2D eigenvalue weighted by molar-refractivity contribution is -0.0187. The first kappa shape index (κ1) is 12.2. The second-order valence-corrected chi connectivity index (χ2v) is 7.33. The van der Waals surface area contributed by atoms with Crippen molar-refractivity contribution in [2.24, 2.45) is 17.8 Å². The third-order valence-corrected chi connectivity index (χ3v) is 5.92. The van der Waals surface area contributed by atoms with Crippen molar-refractivity contribution < 1.29 is 4.74 Å². The Labute approximate surface area is 116 Å². The van der Waals surface area contributed by atoms with Crippen LogP contribution in [0.3, 0.4) is 0 Å². The number of methoxy groups -OCH3 is 1. The average molecular weight is 259 g/mol. The Morgan fingerprint density at radius 2 is 1.79 bits per heavy atom. The molecule has 0 aromatic carbocycles. The Morgan fingerprint density at radius 1 is 1.16 bits per heavy atom. The summed E-state index contributed by atoms with van der Waals surface area (Å²) >= 11 is 0. The zero-order valence-corrected chi connectivity index (χ0v) is 11.9. The molecule has 104 valence electrons. The average Bonchev–Trinajstić information content (AvgIpc) is 2.82. The van der Waals surface area contributed by atoms with Crippen LogP contribution in [0.4, 0.5) is 0 Å². The molecule has 0 spiro atoms. The van der Waals surface area contributed by atoms with Gasteiger partial charge in [-0.1, -0.05) is 18.2 Å². The normalized spacial score (nSPS) is 46.9. The molecule has 5 aliphatic carbocycles. The summed E-state index contributed by atoms with van der Waals surface area (Å²) in [6.45, 7) is 1.01. The molecule has 2 heteroatoms. The van der Waals surface area contributed by atoms with Crippen LogP contribution in [0.15, 0.2) is 23.8 Å². The van der Waals surface area contributed by atoms with Gasteiger partial charge in [-0.25, -0.2) is 0 Å². The minimum atomic E-state index is 0.210. The highest BCUT2D eigenvalue weighted by Crippen LogP contribution is 2.55. The highest BCUT2D eigenvalue weighted by molar-refractivity contribution is 5.30. The third kappa shape index (κ3) is 2.09. The molecule has 1 atom stereocenters. The third-order valence-electron chi connectivity index (χ3n) is 5.92. The second-order valence-electron chi connectivity index (χ2n) is 7.33. The molecule has 1 unspecified atom stereocenters. The quantitative estimate of drug-likeness (QED) is 0.838. The van der Waals surface area contributed by atoms with Crippen molar-refractivity contribution in [2.45, 2.75) is 50.2 Å². The summed E-state index contributed by atoms with van der Waals surface area (Å²) < 4.78 is 5.50. The van der Waals surface area contributed by atoms with Gasteiger partial charge < -0.3 is 10.1 Å². The molecule has 0 aromatic rings. The summed E-state index contributed by atoms with van der Waals surface area (Å²) in [7, 11) is 1.80. The van der Waals surface area contributed by atoms with Gasteiger partial charge in [0.25, 0.3) is 0 Å². The zero-order valence-electron chi connectivity index (χ0n) is 11.9. The van der Waals surface area contributed by atoms with Gasteiger partial charge in [-0.05, 0) is 61.9 Å². The monoisotopic (exact) mass is 259 g/mol. The highest BCUT2D eigenvalue weighted by Gasteiger charge is 2.50. The van der Waals surface area contributed by atoms with Crippen molar-refractivity contribution in [3.8, 4) is 0 Å². The Hall–Kier alpha value is -0.600. The predicted octanol–water partition coefficient (Wildman–Crippen LogP) is 3.06. The standard InChI is InChI=1S/C17H25NO/c1-19-16-4-2-3-15(16)11-18-17-8-12-5-13(9-17)7-14(6-12)10-17/h2-4,12-14,16,18H,5-11H2,1H3. The van der Waals surface area contributed by atoms with Crippen molar-refractivity contribution in [3.63, 3.8) is 0 Å². The summed E-state index contributed by atoms with van der Waals surface area (Å²) in [6, 6.07) is 0. The second kappa shape index (κ2) is 4.46. The maximum Gasteiger partial charge on any atom is 0.0981 e. The molecule has 19 heavy (non-hydrogen) atoms. The van der Waals surface area contributed by atoms with Gasteiger partial charge in [0, 0.05) is 19.2 Å². The van der Waals surface area contributed by atoms with E-state index in [9.17, 15) is 0 Å². The van der Waals surface area contributed by atoms with Crippen LogP contribution in [0, 0.1) is 17.8 Å². The van der Waals surface area contributed by atoms with E-state index in [1.165, 1.54) is 44.1 Å². The minimum Gasteiger partial charge on any atom is -0.373 e. The first-order chi connectivity index (χ1) is 9.26. The molecular formula is C17H25NO. The highest BCUT2D eigenvalue weighted by atomic mass is 16.5. The van der Waals surface area contributed by atoms with Crippen LogP contribution in [0.25, 0.3) is 0 Å². The first-order valence-electron chi connectivity index (χ1n) is 7.91. The number of rotatable bonds is 4. The molecule has 0 aromatic heterocycles. The van der Waals surface area contributed by atoms with Gasteiger partial charge in [0.2, 0.25) is 0 Å². The molecule has 0 radical (unpaired) electrons. The van der Waals surface area contributed by atoms with E-state index in [1.54, 1.807) is 7.11 Å². The van der Waals surface area contributed by atoms with E-state index in [-0.39, 0.29) is 6.10 Å². The summed E-state index contributed by atoms with van der Waals surface area (Å²) in [5.41, 5.74) is 1.87. The fourth-order valence-corrected chi connectivity index (χ4v) is 5.50. The van der Waals surface area contributed by atoms with E-state index in [0.717, 1.165) is 24.3 Å².